The fourth-order valence-electron chi connectivity index (χ4n) is 1.11. The molecular weight excluding hydrogens is 224 g/mol. The van der Waals surface area contributed by atoms with Gasteiger partial charge in [-0.15, -0.1) is 11.3 Å². The van der Waals surface area contributed by atoms with Crippen molar-refractivity contribution in [1.82, 2.24) is 15.0 Å². The molecule has 0 saturated carbocycles. The van der Waals surface area contributed by atoms with Crippen LogP contribution in [0.3, 0.4) is 0 Å². The van der Waals surface area contributed by atoms with Crippen LogP contribution in [0.25, 0.3) is 0 Å². The van der Waals surface area contributed by atoms with E-state index in [4.69, 9.17) is 0 Å². The van der Waals surface area contributed by atoms with E-state index in [1.165, 1.54) is 30.1 Å². The van der Waals surface area contributed by atoms with E-state index in [1.54, 1.807) is 0 Å². The van der Waals surface area contributed by atoms with Gasteiger partial charge in [0.15, 0.2) is 5.13 Å². The third kappa shape index (κ3) is 2.22. The number of rotatable bonds is 2. The summed E-state index contributed by atoms with van der Waals surface area (Å²) in [5.74, 6) is -0.241. The smallest absolute Gasteiger partial charge is 0.260 e. The zero-order valence-electron chi connectivity index (χ0n) is 8.89. The minimum atomic E-state index is -0.241. The molecule has 0 fully saturated rings. The van der Waals surface area contributed by atoms with Crippen molar-refractivity contribution >= 4 is 22.4 Å². The summed E-state index contributed by atoms with van der Waals surface area (Å²) in [7, 11) is 0. The monoisotopic (exact) mass is 234 g/mol. The second-order valence-electron chi connectivity index (χ2n) is 3.24. The van der Waals surface area contributed by atoms with Crippen LogP contribution >= 0.6 is 11.3 Å². The molecule has 0 aliphatic carbocycles. The Morgan fingerprint density at radius 3 is 2.56 bits per heavy atom. The van der Waals surface area contributed by atoms with Crippen molar-refractivity contribution in [2.24, 2.45) is 0 Å². The third-order valence-electron chi connectivity index (χ3n) is 2.07. The molecule has 1 N–H and O–H groups in total. The van der Waals surface area contributed by atoms with Gasteiger partial charge in [-0.3, -0.25) is 10.1 Å². The highest BCUT2D eigenvalue weighted by Gasteiger charge is 2.09. The number of carbonyl (C=O) groups is 1. The Morgan fingerprint density at radius 1 is 1.31 bits per heavy atom. The van der Waals surface area contributed by atoms with Crippen LogP contribution in [0.4, 0.5) is 5.13 Å². The fourth-order valence-corrected chi connectivity index (χ4v) is 1.92. The largest absolute Gasteiger partial charge is 0.298 e. The number of thiazole rings is 1. The van der Waals surface area contributed by atoms with Crippen molar-refractivity contribution in [2.45, 2.75) is 13.8 Å². The lowest BCUT2D eigenvalue weighted by Crippen LogP contribution is -2.12. The second kappa shape index (κ2) is 4.36. The van der Waals surface area contributed by atoms with Gasteiger partial charge in [0.25, 0.3) is 5.91 Å². The van der Waals surface area contributed by atoms with Crippen LogP contribution in [0, 0.1) is 13.8 Å². The highest BCUT2D eigenvalue weighted by atomic mass is 32.1. The summed E-state index contributed by atoms with van der Waals surface area (Å²) in [6.45, 7) is 3.88. The average Bonchev–Trinajstić information content (AvgIpc) is 2.59. The molecule has 0 radical (unpaired) electrons. The predicted molar refractivity (Wildman–Crippen MR) is 61.6 cm³/mol. The summed E-state index contributed by atoms with van der Waals surface area (Å²) in [5, 5.41) is 3.31. The lowest BCUT2D eigenvalue weighted by Gasteiger charge is -1.99. The maximum Gasteiger partial charge on any atom is 0.260 e. The second-order valence-corrected chi connectivity index (χ2v) is 4.45. The molecule has 0 spiro atoms. The minimum absolute atomic E-state index is 0.241. The van der Waals surface area contributed by atoms with E-state index >= 15 is 0 Å². The maximum absolute atomic E-state index is 11.7. The molecule has 0 unspecified atom stereocenters. The van der Waals surface area contributed by atoms with Crippen molar-refractivity contribution in [3.05, 3.63) is 34.9 Å². The van der Waals surface area contributed by atoms with Gasteiger partial charge in [0.05, 0.1) is 11.3 Å². The van der Waals surface area contributed by atoms with Gasteiger partial charge in [-0.1, -0.05) is 0 Å². The van der Waals surface area contributed by atoms with Crippen molar-refractivity contribution in [2.75, 3.05) is 5.32 Å². The zero-order chi connectivity index (χ0) is 11.5. The van der Waals surface area contributed by atoms with Crippen LogP contribution in [0.1, 0.15) is 20.9 Å². The van der Waals surface area contributed by atoms with E-state index in [-0.39, 0.29) is 5.91 Å². The molecule has 2 aromatic heterocycles. The topological polar surface area (TPSA) is 67.8 Å². The number of hydrogen-bond donors (Lipinski definition) is 1. The molecular formula is C10H10N4OS. The molecule has 0 aliphatic rings. The lowest BCUT2D eigenvalue weighted by atomic mass is 10.3. The van der Waals surface area contributed by atoms with Gasteiger partial charge in [-0.2, -0.15) is 0 Å². The number of aromatic nitrogens is 3. The van der Waals surface area contributed by atoms with Gasteiger partial charge >= 0.3 is 0 Å². The van der Waals surface area contributed by atoms with E-state index < -0.39 is 0 Å². The molecule has 0 saturated heterocycles. The Hall–Kier alpha value is -1.82. The average molecular weight is 234 g/mol. The maximum atomic E-state index is 11.7. The number of nitrogens with zero attached hydrogens (tertiary/aromatic N) is 3. The Balaban J connectivity index is 2.14. The van der Waals surface area contributed by atoms with Crippen LogP contribution in [-0.4, -0.2) is 20.9 Å². The Kier molecular flexibility index (Phi) is 2.91. The summed E-state index contributed by atoms with van der Waals surface area (Å²) in [6, 6.07) is 0. The fraction of sp³-hybridized carbons (Fsp3) is 0.200. The lowest BCUT2D eigenvalue weighted by molar-refractivity contribution is 0.102. The minimum Gasteiger partial charge on any atom is -0.298 e. The first-order chi connectivity index (χ1) is 7.66. The molecule has 82 valence electrons. The van der Waals surface area contributed by atoms with E-state index in [2.05, 4.69) is 20.3 Å². The van der Waals surface area contributed by atoms with E-state index in [0.717, 1.165) is 10.6 Å². The molecule has 2 heterocycles. The summed E-state index contributed by atoms with van der Waals surface area (Å²) in [6.07, 6.45) is 4.32. The van der Waals surface area contributed by atoms with Crippen molar-refractivity contribution in [1.29, 1.82) is 0 Å². The molecule has 6 heteroatoms. The molecule has 0 aromatic carbocycles. The Bertz CT molecular complexity index is 489. The van der Waals surface area contributed by atoms with Crippen molar-refractivity contribution in [3.63, 3.8) is 0 Å². The van der Waals surface area contributed by atoms with Gasteiger partial charge in [0.1, 0.15) is 6.33 Å². The number of amides is 1. The molecule has 1 amide bonds. The SMILES string of the molecule is Cc1nc(NC(=O)c2cncnc2)sc1C. The summed E-state index contributed by atoms with van der Waals surface area (Å²) in [4.78, 5) is 24.6. The number of aryl methyl sites for hydroxylation is 2. The molecule has 16 heavy (non-hydrogen) atoms. The van der Waals surface area contributed by atoms with Crippen molar-refractivity contribution in [3.8, 4) is 0 Å². The van der Waals surface area contributed by atoms with Crippen LogP contribution in [0.5, 0.6) is 0 Å². The first-order valence-electron chi connectivity index (χ1n) is 4.67. The molecule has 2 rings (SSSR count). The number of carbonyl (C=O) groups excluding carboxylic acids is 1. The van der Waals surface area contributed by atoms with E-state index in [9.17, 15) is 4.79 Å². The van der Waals surface area contributed by atoms with Crippen LogP contribution in [0.15, 0.2) is 18.7 Å². The van der Waals surface area contributed by atoms with Gasteiger partial charge in [-0.25, -0.2) is 15.0 Å². The molecule has 0 bridgehead atoms. The quantitative estimate of drug-likeness (QED) is 0.860. The van der Waals surface area contributed by atoms with Gasteiger partial charge in [0.2, 0.25) is 0 Å². The van der Waals surface area contributed by atoms with E-state index in [0.29, 0.717) is 10.7 Å². The van der Waals surface area contributed by atoms with Crippen LogP contribution < -0.4 is 5.32 Å². The number of anilines is 1. The summed E-state index contributed by atoms with van der Waals surface area (Å²) in [5.41, 5.74) is 1.36. The van der Waals surface area contributed by atoms with Crippen LogP contribution in [-0.2, 0) is 0 Å². The Morgan fingerprint density at radius 2 is 2.00 bits per heavy atom. The predicted octanol–water partition coefficient (Wildman–Crippen LogP) is 1.80. The highest BCUT2D eigenvalue weighted by Crippen LogP contribution is 2.21. The zero-order valence-corrected chi connectivity index (χ0v) is 9.71. The normalized spacial score (nSPS) is 10.1. The molecule has 2 aromatic rings. The number of nitrogens with one attached hydrogen (secondary N) is 1. The first kappa shape index (κ1) is 10.7. The molecule has 0 atom stereocenters. The number of hydrogen-bond acceptors (Lipinski definition) is 5. The standard InChI is InChI=1S/C10H10N4OS/c1-6-7(2)16-10(13-6)14-9(15)8-3-11-5-12-4-8/h3-5H,1-2H3,(H,13,14,15). The molecule has 5 nitrogen and oxygen atoms in total. The van der Waals surface area contributed by atoms with E-state index in [1.807, 2.05) is 13.8 Å². The Labute approximate surface area is 96.6 Å². The van der Waals surface area contributed by atoms with Gasteiger partial charge in [0, 0.05) is 17.3 Å². The van der Waals surface area contributed by atoms with Crippen LogP contribution in [0.2, 0.25) is 0 Å². The summed E-state index contributed by atoms with van der Waals surface area (Å²) >= 11 is 1.45. The van der Waals surface area contributed by atoms with Gasteiger partial charge in [-0.05, 0) is 13.8 Å². The van der Waals surface area contributed by atoms with Gasteiger partial charge < -0.3 is 0 Å². The summed E-state index contributed by atoms with van der Waals surface area (Å²) < 4.78 is 0. The highest BCUT2D eigenvalue weighted by molar-refractivity contribution is 7.15. The first-order valence-corrected chi connectivity index (χ1v) is 5.49. The molecule has 0 aliphatic heterocycles. The van der Waals surface area contributed by atoms with Crippen molar-refractivity contribution < 1.29 is 4.79 Å². The third-order valence-corrected chi connectivity index (χ3v) is 3.06.